The van der Waals surface area contributed by atoms with Crippen molar-refractivity contribution in [3.05, 3.63) is 35.2 Å². The number of hydrogen-bond acceptors (Lipinski definition) is 2. The van der Waals surface area contributed by atoms with Crippen LogP contribution in [-0.4, -0.2) is 12.2 Å². The van der Waals surface area contributed by atoms with Gasteiger partial charge in [0, 0.05) is 12.4 Å². The Morgan fingerprint density at radius 3 is 3.12 bits per heavy atom. The van der Waals surface area contributed by atoms with Gasteiger partial charge in [-0.15, -0.1) is 0 Å². The zero-order valence-electron chi connectivity index (χ0n) is 10.8. The summed E-state index contributed by atoms with van der Waals surface area (Å²) in [5, 5.41) is 1.85. The summed E-state index contributed by atoms with van der Waals surface area (Å²) in [6, 6.07) is 0. The Bertz CT molecular complexity index is 405. The molecular formula is C15H21NO. The van der Waals surface area contributed by atoms with E-state index in [1.165, 1.54) is 37.7 Å². The number of allylic oxidation sites excluding steroid dienone is 4. The molecule has 1 aliphatic heterocycles. The van der Waals surface area contributed by atoms with Gasteiger partial charge in [-0.1, -0.05) is 6.92 Å². The second kappa shape index (κ2) is 4.34. The number of hydrogen-bond donors (Lipinski definition) is 0. The molecule has 2 atom stereocenters. The first-order chi connectivity index (χ1) is 8.28. The summed E-state index contributed by atoms with van der Waals surface area (Å²) in [6.45, 7) is 2.38. The molecular weight excluding hydrogens is 210 g/mol. The van der Waals surface area contributed by atoms with Gasteiger partial charge in [0.2, 0.25) is 0 Å². The lowest BCUT2D eigenvalue weighted by Crippen LogP contribution is -2.23. The molecule has 0 amide bonds. The Morgan fingerprint density at radius 2 is 2.29 bits per heavy atom. The molecule has 1 saturated carbocycles. The van der Waals surface area contributed by atoms with E-state index in [0.717, 1.165) is 11.8 Å². The fourth-order valence-corrected chi connectivity index (χ4v) is 3.61. The first-order valence-electron chi connectivity index (χ1n) is 6.72. The van der Waals surface area contributed by atoms with Crippen LogP contribution in [0.15, 0.2) is 35.2 Å². The van der Waals surface area contributed by atoms with E-state index in [2.05, 4.69) is 25.4 Å². The smallest absolute Gasteiger partial charge is 0.0643 e. The molecule has 1 fully saturated rings. The van der Waals surface area contributed by atoms with Gasteiger partial charge in [-0.05, 0) is 66.7 Å². The largest absolute Gasteiger partial charge is 0.273 e. The van der Waals surface area contributed by atoms with Crippen molar-refractivity contribution in [3.63, 3.8) is 0 Å². The van der Waals surface area contributed by atoms with Crippen molar-refractivity contribution in [1.82, 2.24) is 5.06 Å². The minimum Gasteiger partial charge on any atom is -0.273 e. The molecule has 0 saturated heterocycles. The van der Waals surface area contributed by atoms with Crippen molar-refractivity contribution in [1.29, 1.82) is 0 Å². The summed E-state index contributed by atoms with van der Waals surface area (Å²) in [5.74, 6) is 1.61. The second-order valence-electron chi connectivity index (χ2n) is 5.59. The second-order valence-corrected chi connectivity index (χ2v) is 5.59. The minimum atomic E-state index is 0.801. The molecule has 0 spiro atoms. The van der Waals surface area contributed by atoms with Crippen LogP contribution in [0.1, 0.15) is 39.0 Å². The predicted octanol–water partition coefficient (Wildman–Crippen LogP) is 3.79. The van der Waals surface area contributed by atoms with Crippen LogP contribution in [0.4, 0.5) is 0 Å². The lowest BCUT2D eigenvalue weighted by Gasteiger charge is -2.36. The van der Waals surface area contributed by atoms with Gasteiger partial charge in [0.1, 0.15) is 0 Å². The standard InChI is InChI=1S/C15H21NO/c1-11-8-13-5-3-4-12-6-7-16(17-2)10-14(9-11)15(12)13/h6-7,10-11,13H,3-5,8-9H2,1-2H3. The number of hydroxylamine groups is 2. The molecule has 0 N–H and O–H groups in total. The molecule has 2 heteroatoms. The van der Waals surface area contributed by atoms with Gasteiger partial charge in [0.05, 0.1) is 7.11 Å². The molecule has 0 aromatic carbocycles. The van der Waals surface area contributed by atoms with Crippen LogP contribution >= 0.6 is 0 Å². The average Bonchev–Trinajstić information content (AvgIpc) is 2.50. The highest BCUT2D eigenvalue weighted by Crippen LogP contribution is 2.46. The topological polar surface area (TPSA) is 12.5 Å². The summed E-state index contributed by atoms with van der Waals surface area (Å²) in [7, 11) is 1.73. The van der Waals surface area contributed by atoms with Gasteiger partial charge in [-0.25, -0.2) is 5.06 Å². The fraction of sp³-hybridized carbons (Fsp3) is 0.600. The maximum atomic E-state index is 5.35. The van der Waals surface area contributed by atoms with Crippen LogP contribution in [-0.2, 0) is 4.84 Å². The molecule has 0 bridgehead atoms. The van der Waals surface area contributed by atoms with Crippen LogP contribution in [0.3, 0.4) is 0 Å². The van der Waals surface area contributed by atoms with Crippen molar-refractivity contribution in [2.24, 2.45) is 11.8 Å². The van der Waals surface area contributed by atoms with Gasteiger partial charge in [0.15, 0.2) is 0 Å². The fourth-order valence-electron chi connectivity index (χ4n) is 3.61. The van der Waals surface area contributed by atoms with E-state index in [4.69, 9.17) is 4.84 Å². The average molecular weight is 231 g/mol. The molecule has 2 aliphatic carbocycles. The first kappa shape index (κ1) is 11.1. The van der Waals surface area contributed by atoms with Gasteiger partial charge in [-0.3, -0.25) is 4.84 Å². The highest BCUT2D eigenvalue weighted by molar-refractivity contribution is 5.46. The molecule has 0 aromatic heterocycles. The Balaban J connectivity index is 2.04. The summed E-state index contributed by atoms with van der Waals surface area (Å²) in [5.41, 5.74) is 4.71. The van der Waals surface area contributed by atoms with E-state index in [1.807, 2.05) is 5.06 Å². The Kier molecular flexibility index (Phi) is 2.83. The van der Waals surface area contributed by atoms with Crippen LogP contribution in [0.2, 0.25) is 0 Å². The van der Waals surface area contributed by atoms with Crippen molar-refractivity contribution in [2.45, 2.75) is 39.0 Å². The predicted molar refractivity (Wildman–Crippen MR) is 68.8 cm³/mol. The summed E-state index contributed by atoms with van der Waals surface area (Å²) < 4.78 is 0. The molecule has 92 valence electrons. The molecule has 2 unspecified atom stereocenters. The van der Waals surface area contributed by atoms with Crippen LogP contribution in [0.25, 0.3) is 0 Å². The number of rotatable bonds is 1. The third-order valence-corrected chi connectivity index (χ3v) is 4.27. The SMILES string of the molecule is CON1C=CC2=C3C(=C1)CC(C)CC3CCC2. The van der Waals surface area contributed by atoms with E-state index in [-0.39, 0.29) is 0 Å². The quantitative estimate of drug-likeness (QED) is 0.681. The lowest BCUT2D eigenvalue weighted by molar-refractivity contribution is -0.0444. The normalized spacial score (nSPS) is 32.1. The summed E-state index contributed by atoms with van der Waals surface area (Å²) >= 11 is 0. The van der Waals surface area contributed by atoms with E-state index < -0.39 is 0 Å². The summed E-state index contributed by atoms with van der Waals surface area (Å²) in [6.07, 6.45) is 13.0. The molecule has 2 nitrogen and oxygen atoms in total. The third kappa shape index (κ3) is 1.95. The highest BCUT2D eigenvalue weighted by atomic mass is 16.7. The molecule has 0 radical (unpaired) electrons. The Hall–Kier alpha value is -1.02. The van der Waals surface area contributed by atoms with Crippen molar-refractivity contribution < 1.29 is 4.84 Å². The van der Waals surface area contributed by atoms with E-state index in [0.29, 0.717) is 0 Å². The van der Waals surface area contributed by atoms with Gasteiger partial charge >= 0.3 is 0 Å². The zero-order valence-corrected chi connectivity index (χ0v) is 10.8. The third-order valence-electron chi connectivity index (χ3n) is 4.27. The van der Waals surface area contributed by atoms with Crippen LogP contribution in [0.5, 0.6) is 0 Å². The summed E-state index contributed by atoms with van der Waals surface area (Å²) in [4.78, 5) is 5.35. The molecule has 1 heterocycles. The highest BCUT2D eigenvalue weighted by Gasteiger charge is 2.32. The Morgan fingerprint density at radius 1 is 1.41 bits per heavy atom. The van der Waals surface area contributed by atoms with E-state index in [9.17, 15) is 0 Å². The van der Waals surface area contributed by atoms with Crippen LogP contribution < -0.4 is 0 Å². The first-order valence-corrected chi connectivity index (χ1v) is 6.72. The maximum absolute atomic E-state index is 5.35. The van der Waals surface area contributed by atoms with Gasteiger partial charge in [0.25, 0.3) is 0 Å². The van der Waals surface area contributed by atoms with Crippen molar-refractivity contribution >= 4 is 0 Å². The monoisotopic (exact) mass is 231 g/mol. The number of nitrogens with zero attached hydrogens (tertiary/aromatic N) is 1. The maximum Gasteiger partial charge on any atom is 0.0643 e. The molecule has 3 aliphatic rings. The Labute approximate surface area is 104 Å². The molecule has 17 heavy (non-hydrogen) atoms. The van der Waals surface area contributed by atoms with Gasteiger partial charge in [-0.2, -0.15) is 0 Å². The van der Waals surface area contributed by atoms with E-state index >= 15 is 0 Å². The zero-order chi connectivity index (χ0) is 11.8. The van der Waals surface area contributed by atoms with Crippen molar-refractivity contribution in [3.8, 4) is 0 Å². The van der Waals surface area contributed by atoms with Crippen LogP contribution in [0, 0.1) is 11.8 Å². The van der Waals surface area contributed by atoms with Gasteiger partial charge < -0.3 is 0 Å². The van der Waals surface area contributed by atoms with E-state index in [1.54, 1.807) is 18.3 Å². The molecule has 3 rings (SSSR count). The van der Waals surface area contributed by atoms with Crippen molar-refractivity contribution in [2.75, 3.05) is 7.11 Å². The molecule has 0 aromatic rings. The minimum absolute atomic E-state index is 0.801. The lowest BCUT2D eigenvalue weighted by atomic mass is 9.69.